The van der Waals surface area contributed by atoms with Gasteiger partial charge in [-0.1, -0.05) is 6.42 Å². The molecule has 2 aliphatic rings. The zero-order valence-corrected chi connectivity index (χ0v) is 8.58. The van der Waals surface area contributed by atoms with Gasteiger partial charge in [0.1, 0.15) is 0 Å². The molecule has 0 spiro atoms. The van der Waals surface area contributed by atoms with E-state index in [0.29, 0.717) is 12.1 Å². The highest BCUT2D eigenvalue weighted by atomic mass is 15.3. The van der Waals surface area contributed by atoms with Crippen molar-refractivity contribution in [2.75, 3.05) is 33.2 Å². The van der Waals surface area contributed by atoms with Gasteiger partial charge in [0, 0.05) is 38.3 Å². The lowest BCUT2D eigenvalue weighted by Crippen LogP contribution is -2.52. The molecule has 3 nitrogen and oxygen atoms in total. The van der Waals surface area contributed by atoms with Gasteiger partial charge in [-0.25, -0.2) is 0 Å². The summed E-state index contributed by atoms with van der Waals surface area (Å²) < 4.78 is 0. The SMILES string of the molecule is CN1CCN(C2CCCC2N)CC1. The third kappa shape index (κ3) is 2.03. The maximum Gasteiger partial charge on any atom is 0.0248 e. The second-order valence-corrected chi connectivity index (χ2v) is 4.50. The molecule has 13 heavy (non-hydrogen) atoms. The molecule has 0 aromatic carbocycles. The van der Waals surface area contributed by atoms with Gasteiger partial charge in [0.2, 0.25) is 0 Å². The summed E-state index contributed by atoms with van der Waals surface area (Å²) in [6.07, 6.45) is 3.89. The van der Waals surface area contributed by atoms with Crippen LogP contribution in [-0.4, -0.2) is 55.1 Å². The fourth-order valence-corrected chi connectivity index (χ4v) is 2.58. The van der Waals surface area contributed by atoms with E-state index in [2.05, 4.69) is 16.8 Å². The van der Waals surface area contributed by atoms with Gasteiger partial charge in [-0.3, -0.25) is 4.90 Å². The smallest absolute Gasteiger partial charge is 0.0248 e. The fourth-order valence-electron chi connectivity index (χ4n) is 2.58. The molecule has 1 saturated heterocycles. The Kier molecular flexibility index (Phi) is 2.86. The second kappa shape index (κ2) is 3.95. The number of hydrogen-bond donors (Lipinski definition) is 1. The molecule has 2 N–H and O–H groups in total. The maximum absolute atomic E-state index is 6.09. The van der Waals surface area contributed by atoms with Crippen LogP contribution in [0.3, 0.4) is 0 Å². The minimum Gasteiger partial charge on any atom is -0.326 e. The first kappa shape index (κ1) is 9.44. The highest BCUT2D eigenvalue weighted by Gasteiger charge is 2.30. The van der Waals surface area contributed by atoms with Gasteiger partial charge in [-0.15, -0.1) is 0 Å². The molecule has 0 aromatic rings. The maximum atomic E-state index is 6.09. The summed E-state index contributed by atoms with van der Waals surface area (Å²) in [5.41, 5.74) is 6.09. The van der Waals surface area contributed by atoms with Gasteiger partial charge in [-0.2, -0.15) is 0 Å². The van der Waals surface area contributed by atoms with Gasteiger partial charge >= 0.3 is 0 Å². The van der Waals surface area contributed by atoms with E-state index in [0.717, 1.165) is 0 Å². The van der Waals surface area contributed by atoms with Gasteiger partial charge in [0.05, 0.1) is 0 Å². The van der Waals surface area contributed by atoms with Crippen molar-refractivity contribution in [3.05, 3.63) is 0 Å². The van der Waals surface area contributed by atoms with Gasteiger partial charge < -0.3 is 10.6 Å². The molecule has 2 rings (SSSR count). The highest BCUT2D eigenvalue weighted by Crippen LogP contribution is 2.23. The summed E-state index contributed by atoms with van der Waals surface area (Å²) in [6.45, 7) is 4.86. The van der Waals surface area contributed by atoms with Crippen LogP contribution in [0, 0.1) is 0 Å². The van der Waals surface area contributed by atoms with E-state index in [4.69, 9.17) is 5.73 Å². The molecule has 2 atom stereocenters. The van der Waals surface area contributed by atoms with E-state index in [9.17, 15) is 0 Å². The molecule has 1 aliphatic heterocycles. The molecule has 0 radical (unpaired) electrons. The molecule has 0 bridgehead atoms. The molecule has 0 amide bonds. The minimum atomic E-state index is 0.448. The fraction of sp³-hybridized carbons (Fsp3) is 1.00. The number of nitrogens with zero attached hydrogens (tertiary/aromatic N) is 2. The van der Waals surface area contributed by atoms with E-state index >= 15 is 0 Å². The first-order valence-corrected chi connectivity index (χ1v) is 5.45. The van der Waals surface area contributed by atoms with E-state index in [1.165, 1.54) is 45.4 Å². The Bertz CT molecular complexity index is 164. The molecule has 0 aromatic heterocycles. The quantitative estimate of drug-likeness (QED) is 0.626. The Hall–Kier alpha value is -0.120. The van der Waals surface area contributed by atoms with Crippen molar-refractivity contribution in [1.82, 2.24) is 9.80 Å². The molecule has 2 unspecified atom stereocenters. The average Bonchev–Trinajstić information content (AvgIpc) is 2.53. The first-order chi connectivity index (χ1) is 6.27. The number of hydrogen-bond acceptors (Lipinski definition) is 3. The van der Waals surface area contributed by atoms with E-state index in [-0.39, 0.29) is 0 Å². The van der Waals surface area contributed by atoms with Crippen LogP contribution >= 0.6 is 0 Å². The van der Waals surface area contributed by atoms with Crippen LogP contribution in [0.4, 0.5) is 0 Å². The topological polar surface area (TPSA) is 32.5 Å². The van der Waals surface area contributed by atoms with E-state index < -0.39 is 0 Å². The third-order valence-corrected chi connectivity index (χ3v) is 3.54. The second-order valence-electron chi connectivity index (χ2n) is 4.50. The minimum absolute atomic E-state index is 0.448. The summed E-state index contributed by atoms with van der Waals surface area (Å²) in [7, 11) is 2.20. The molecular weight excluding hydrogens is 162 g/mol. The first-order valence-electron chi connectivity index (χ1n) is 5.45. The van der Waals surface area contributed by atoms with Crippen LogP contribution in [0.1, 0.15) is 19.3 Å². The van der Waals surface area contributed by atoms with Crippen molar-refractivity contribution in [1.29, 1.82) is 0 Å². The predicted octanol–water partition coefficient (Wildman–Crippen LogP) is 0.114. The van der Waals surface area contributed by atoms with Crippen LogP contribution in [0.2, 0.25) is 0 Å². The standard InChI is InChI=1S/C10H21N3/c1-12-5-7-13(8-6-12)10-4-2-3-9(10)11/h9-10H,2-8,11H2,1H3. The molecule has 1 aliphatic carbocycles. The van der Waals surface area contributed by atoms with Crippen LogP contribution in [-0.2, 0) is 0 Å². The number of likely N-dealkylation sites (N-methyl/N-ethyl adjacent to an activating group) is 1. The highest BCUT2D eigenvalue weighted by molar-refractivity contribution is 4.89. The van der Waals surface area contributed by atoms with Crippen molar-refractivity contribution in [3.8, 4) is 0 Å². The zero-order valence-electron chi connectivity index (χ0n) is 8.58. The van der Waals surface area contributed by atoms with Crippen LogP contribution in [0.15, 0.2) is 0 Å². The van der Waals surface area contributed by atoms with Crippen LogP contribution in [0.5, 0.6) is 0 Å². The van der Waals surface area contributed by atoms with Gasteiger partial charge in [0.25, 0.3) is 0 Å². The molecular formula is C10H21N3. The average molecular weight is 183 g/mol. The summed E-state index contributed by atoms with van der Waals surface area (Å²) in [5.74, 6) is 0. The van der Waals surface area contributed by atoms with Crippen LogP contribution < -0.4 is 5.73 Å². The Morgan fingerprint density at radius 2 is 1.77 bits per heavy atom. The van der Waals surface area contributed by atoms with E-state index in [1.54, 1.807) is 0 Å². The Morgan fingerprint density at radius 3 is 2.31 bits per heavy atom. The summed E-state index contributed by atoms with van der Waals surface area (Å²) in [6, 6.07) is 1.14. The largest absolute Gasteiger partial charge is 0.326 e. The van der Waals surface area contributed by atoms with E-state index in [1.807, 2.05) is 0 Å². The molecule has 3 heteroatoms. The third-order valence-electron chi connectivity index (χ3n) is 3.54. The predicted molar refractivity (Wildman–Crippen MR) is 54.7 cm³/mol. The molecule has 2 fully saturated rings. The van der Waals surface area contributed by atoms with Crippen molar-refractivity contribution < 1.29 is 0 Å². The van der Waals surface area contributed by atoms with Crippen molar-refractivity contribution in [3.63, 3.8) is 0 Å². The molecule has 76 valence electrons. The Labute approximate surface area is 80.9 Å². The number of rotatable bonds is 1. The van der Waals surface area contributed by atoms with Crippen molar-refractivity contribution in [2.45, 2.75) is 31.3 Å². The Morgan fingerprint density at radius 1 is 1.08 bits per heavy atom. The monoisotopic (exact) mass is 183 g/mol. The number of piperazine rings is 1. The summed E-state index contributed by atoms with van der Waals surface area (Å²) in [5, 5.41) is 0. The lowest BCUT2D eigenvalue weighted by atomic mass is 10.1. The number of nitrogens with two attached hydrogens (primary N) is 1. The summed E-state index contributed by atoms with van der Waals surface area (Å²) >= 11 is 0. The molecule has 1 saturated carbocycles. The van der Waals surface area contributed by atoms with Crippen molar-refractivity contribution in [2.24, 2.45) is 5.73 Å². The van der Waals surface area contributed by atoms with Gasteiger partial charge in [-0.05, 0) is 19.9 Å². The lowest BCUT2D eigenvalue weighted by molar-refractivity contribution is 0.106. The van der Waals surface area contributed by atoms with Gasteiger partial charge in [0.15, 0.2) is 0 Å². The van der Waals surface area contributed by atoms with Crippen molar-refractivity contribution >= 4 is 0 Å². The normalized spacial score (nSPS) is 38.3. The van der Waals surface area contributed by atoms with Crippen LogP contribution in [0.25, 0.3) is 0 Å². The summed E-state index contributed by atoms with van der Waals surface area (Å²) in [4.78, 5) is 4.99. The zero-order chi connectivity index (χ0) is 9.26. The Balaban J connectivity index is 1.86. The lowest BCUT2D eigenvalue weighted by Gasteiger charge is -2.38. The molecule has 1 heterocycles.